The van der Waals surface area contributed by atoms with Crippen molar-refractivity contribution >= 4 is 28.4 Å². The number of ether oxygens (including phenoxy) is 3. The molecule has 0 bridgehead atoms. The molecule has 1 saturated heterocycles. The Morgan fingerprint density at radius 1 is 1.47 bits per heavy atom. The smallest absolute Gasteiger partial charge is 0.220 e. The first-order chi connectivity index (χ1) is 7.26. The summed E-state index contributed by atoms with van der Waals surface area (Å²) >= 11 is 6.60. The zero-order valence-electron chi connectivity index (χ0n) is 9.23. The molecule has 1 fully saturated rings. The van der Waals surface area contributed by atoms with Crippen LogP contribution in [0, 0.1) is 0 Å². The maximum absolute atomic E-state index is 5.46. The van der Waals surface area contributed by atoms with Crippen molar-refractivity contribution in [1.29, 1.82) is 0 Å². The van der Waals surface area contributed by atoms with Gasteiger partial charge in [-0.2, -0.15) is 0 Å². The summed E-state index contributed by atoms with van der Waals surface area (Å²) in [6.07, 6.45) is 1.86. The molecule has 0 N–H and O–H groups in total. The molecular weight excluding hydrogens is 232 g/mol. The van der Waals surface area contributed by atoms with Crippen molar-refractivity contribution in [2.75, 3.05) is 19.8 Å². The topological polar surface area (TPSA) is 27.7 Å². The van der Waals surface area contributed by atoms with Gasteiger partial charge in [0.05, 0.1) is 0 Å². The first kappa shape index (κ1) is 13.2. The lowest BCUT2D eigenvalue weighted by atomic mass is 10.2. The van der Waals surface area contributed by atoms with Crippen LogP contribution in [-0.2, 0) is 14.2 Å². The molecule has 1 unspecified atom stereocenters. The van der Waals surface area contributed by atoms with Crippen molar-refractivity contribution < 1.29 is 14.2 Å². The molecule has 3 nitrogen and oxygen atoms in total. The van der Waals surface area contributed by atoms with Gasteiger partial charge in [-0.25, -0.2) is 0 Å². The highest BCUT2D eigenvalue weighted by molar-refractivity contribution is 8.23. The molecule has 1 aliphatic rings. The quantitative estimate of drug-likeness (QED) is 0.511. The van der Waals surface area contributed by atoms with E-state index in [0.29, 0.717) is 22.8 Å². The number of thioether (sulfide) groups is 1. The zero-order valence-corrected chi connectivity index (χ0v) is 10.9. The number of rotatable bonds is 7. The van der Waals surface area contributed by atoms with E-state index in [1.807, 2.05) is 13.8 Å². The van der Waals surface area contributed by atoms with Crippen molar-refractivity contribution in [3.05, 3.63) is 0 Å². The summed E-state index contributed by atoms with van der Waals surface area (Å²) in [7, 11) is 0. The molecule has 1 aliphatic heterocycles. The lowest BCUT2D eigenvalue weighted by Crippen LogP contribution is -2.19. The van der Waals surface area contributed by atoms with E-state index in [4.69, 9.17) is 26.4 Å². The van der Waals surface area contributed by atoms with Crippen LogP contribution in [0.2, 0.25) is 0 Å². The van der Waals surface area contributed by atoms with Gasteiger partial charge in [-0.1, -0.05) is 11.8 Å². The van der Waals surface area contributed by atoms with Crippen LogP contribution in [0.4, 0.5) is 0 Å². The molecule has 0 aromatic carbocycles. The van der Waals surface area contributed by atoms with Gasteiger partial charge in [0.15, 0.2) is 6.29 Å². The average Bonchev–Trinajstić information content (AvgIpc) is 2.61. The molecule has 1 atom stereocenters. The van der Waals surface area contributed by atoms with E-state index in [1.54, 1.807) is 11.8 Å². The van der Waals surface area contributed by atoms with Gasteiger partial charge in [-0.05, 0) is 38.9 Å². The molecule has 15 heavy (non-hydrogen) atoms. The second-order valence-electron chi connectivity index (χ2n) is 3.22. The number of thiocarbonyl (C=S) groups is 1. The third-order valence-corrected chi connectivity index (χ3v) is 3.50. The van der Waals surface area contributed by atoms with Crippen LogP contribution in [0.5, 0.6) is 0 Å². The summed E-state index contributed by atoms with van der Waals surface area (Å²) in [6, 6.07) is 0. The normalized spacial score (nSPS) is 21.0. The van der Waals surface area contributed by atoms with Crippen molar-refractivity contribution in [3.8, 4) is 0 Å². The average molecular weight is 250 g/mol. The van der Waals surface area contributed by atoms with Gasteiger partial charge in [0.25, 0.3) is 0 Å². The first-order valence-corrected chi connectivity index (χ1v) is 6.61. The minimum Gasteiger partial charge on any atom is -0.477 e. The molecule has 1 heterocycles. The van der Waals surface area contributed by atoms with E-state index in [9.17, 15) is 0 Å². The fraction of sp³-hybridized carbons (Fsp3) is 0.900. The molecule has 88 valence electrons. The Bertz CT molecular complexity index is 193. The van der Waals surface area contributed by atoms with Gasteiger partial charge in [0, 0.05) is 18.5 Å². The third kappa shape index (κ3) is 5.15. The fourth-order valence-corrected chi connectivity index (χ4v) is 2.69. The van der Waals surface area contributed by atoms with Gasteiger partial charge in [0.1, 0.15) is 6.61 Å². The lowest BCUT2D eigenvalue weighted by Gasteiger charge is -2.17. The summed E-state index contributed by atoms with van der Waals surface area (Å²) in [4.78, 5) is 0. The summed E-state index contributed by atoms with van der Waals surface area (Å²) in [5, 5.41) is 0.473. The molecule has 5 heteroatoms. The summed E-state index contributed by atoms with van der Waals surface area (Å²) in [5.74, 6) is 0. The SMILES string of the molecule is CCOC(CCC1COC(=S)S1)OCC. The highest BCUT2D eigenvalue weighted by Gasteiger charge is 2.22. The second-order valence-corrected chi connectivity index (χ2v) is 5.12. The monoisotopic (exact) mass is 250 g/mol. The van der Waals surface area contributed by atoms with Gasteiger partial charge < -0.3 is 14.2 Å². The highest BCUT2D eigenvalue weighted by Crippen LogP contribution is 2.27. The van der Waals surface area contributed by atoms with Gasteiger partial charge >= 0.3 is 0 Å². The summed E-state index contributed by atoms with van der Waals surface area (Å²) in [5.41, 5.74) is 0. The van der Waals surface area contributed by atoms with Crippen LogP contribution in [0.15, 0.2) is 0 Å². The number of hydrogen-bond donors (Lipinski definition) is 0. The Labute approximate surface area is 101 Å². The molecule has 0 radical (unpaired) electrons. The molecule has 1 rings (SSSR count). The van der Waals surface area contributed by atoms with E-state index in [0.717, 1.165) is 19.4 Å². The van der Waals surface area contributed by atoms with Gasteiger partial charge in [0.2, 0.25) is 4.38 Å². The molecular formula is C10H18O3S2. The molecule has 0 aromatic heterocycles. The molecule has 0 saturated carbocycles. The van der Waals surface area contributed by atoms with Gasteiger partial charge in [-0.3, -0.25) is 0 Å². The van der Waals surface area contributed by atoms with E-state index >= 15 is 0 Å². The van der Waals surface area contributed by atoms with Crippen LogP contribution >= 0.6 is 24.0 Å². The Hall–Kier alpha value is 0.160. The minimum absolute atomic E-state index is 0.0743. The predicted molar refractivity (Wildman–Crippen MR) is 66.2 cm³/mol. The second kappa shape index (κ2) is 7.44. The summed E-state index contributed by atoms with van der Waals surface area (Å²) < 4.78 is 16.8. The van der Waals surface area contributed by atoms with Crippen LogP contribution in [-0.4, -0.2) is 35.7 Å². The molecule has 0 spiro atoms. The van der Waals surface area contributed by atoms with Crippen molar-refractivity contribution in [3.63, 3.8) is 0 Å². The fourth-order valence-electron chi connectivity index (χ4n) is 1.42. The van der Waals surface area contributed by atoms with E-state index in [2.05, 4.69) is 0 Å². The lowest BCUT2D eigenvalue weighted by molar-refractivity contribution is -0.140. The van der Waals surface area contributed by atoms with Crippen molar-refractivity contribution in [1.82, 2.24) is 0 Å². The summed E-state index contributed by atoms with van der Waals surface area (Å²) in [6.45, 7) is 6.08. The highest BCUT2D eigenvalue weighted by atomic mass is 32.2. The maximum Gasteiger partial charge on any atom is 0.220 e. The Balaban J connectivity index is 2.17. The van der Waals surface area contributed by atoms with Crippen LogP contribution in [0.25, 0.3) is 0 Å². The Kier molecular flexibility index (Phi) is 6.56. The number of hydrogen-bond acceptors (Lipinski definition) is 5. The van der Waals surface area contributed by atoms with E-state index in [-0.39, 0.29) is 6.29 Å². The van der Waals surface area contributed by atoms with Crippen LogP contribution in [0.3, 0.4) is 0 Å². The van der Waals surface area contributed by atoms with Gasteiger partial charge in [-0.15, -0.1) is 0 Å². The zero-order chi connectivity index (χ0) is 11.1. The molecule has 0 aromatic rings. The van der Waals surface area contributed by atoms with Crippen molar-refractivity contribution in [2.45, 2.75) is 38.2 Å². The minimum atomic E-state index is -0.0743. The van der Waals surface area contributed by atoms with E-state index in [1.165, 1.54) is 0 Å². The standard InChI is InChI=1S/C10H18O3S2/c1-3-11-9(12-4-2)6-5-8-7-13-10(14)15-8/h8-9H,3-7H2,1-2H3. The Morgan fingerprint density at radius 3 is 2.60 bits per heavy atom. The van der Waals surface area contributed by atoms with Crippen LogP contribution in [0.1, 0.15) is 26.7 Å². The molecule has 0 aliphatic carbocycles. The third-order valence-electron chi connectivity index (χ3n) is 2.08. The maximum atomic E-state index is 5.46. The largest absolute Gasteiger partial charge is 0.477 e. The molecule has 0 amide bonds. The predicted octanol–water partition coefficient (Wildman–Crippen LogP) is 2.58. The van der Waals surface area contributed by atoms with Crippen molar-refractivity contribution in [2.24, 2.45) is 0 Å². The van der Waals surface area contributed by atoms with Crippen LogP contribution < -0.4 is 0 Å². The van der Waals surface area contributed by atoms with E-state index < -0.39 is 0 Å². The first-order valence-electron chi connectivity index (χ1n) is 5.32. The Morgan fingerprint density at radius 2 is 2.13 bits per heavy atom.